The van der Waals surface area contributed by atoms with Crippen LogP contribution in [-0.2, 0) is 4.79 Å². The standard InChI is InChI=1S/C10H16N2O3S/c1-3-4-6-11-10(15)12-8(9(13)14)5-7-16-2/h1,8H,4-7H2,2H3,(H,13,14)(H2,11,12,15)/t8-/m1/s1. The molecule has 0 aliphatic rings. The van der Waals surface area contributed by atoms with Crippen LogP contribution >= 0.6 is 11.8 Å². The van der Waals surface area contributed by atoms with Gasteiger partial charge in [-0.25, -0.2) is 9.59 Å². The molecular weight excluding hydrogens is 228 g/mol. The van der Waals surface area contributed by atoms with E-state index in [4.69, 9.17) is 11.5 Å². The van der Waals surface area contributed by atoms with Gasteiger partial charge in [-0.1, -0.05) is 0 Å². The fourth-order valence-corrected chi connectivity index (χ4v) is 1.42. The third-order valence-corrected chi connectivity index (χ3v) is 2.41. The summed E-state index contributed by atoms with van der Waals surface area (Å²) in [7, 11) is 0. The van der Waals surface area contributed by atoms with E-state index in [1.54, 1.807) is 0 Å². The van der Waals surface area contributed by atoms with Gasteiger partial charge in [-0.05, 0) is 18.4 Å². The van der Waals surface area contributed by atoms with Gasteiger partial charge in [0.25, 0.3) is 0 Å². The molecule has 90 valence electrons. The molecular formula is C10H16N2O3S. The van der Waals surface area contributed by atoms with Crippen molar-refractivity contribution in [2.75, 3.05) is 18.6 Å². The predicted molar refractivity (Wildman–Crippen MR) is 64.4 cm³/mol. The zero-order valence-electron chi connectivity index (χ0n) is 9.16. The minimum Gasteiger partial charge on any atom is -0.480 e. The molecule has 0 bridgehead atoms. The van der Waals surface area contributed by atoms with Gasteiger partial charge >= 0.3 is 12.0 Å². The Morgan fingerprint density at radius 3 is 2.75 bits per heavy atom. The molecule has 0 radical (unpaired) electrons. The van der Waals surface area contributed by atoms with Crippen molar-refractivity contribution in [3.05, 3.63) is 0 Å². The molecule has 3 N–H and O–H groups in total. The number of hydrogen-bond donors (Lipinski definition) is 3. The largest absolute Gasteiger partial charge is 0.480 e. The molecule has 0 fully saturated rings. The van der Waals surface area contributed by atoms with Gasteiger partial charge in [0.1, 0.15) is 6.04 Å². The minimum absolute atomic E-state index is 0.344. The molecule has 16 heavy (non-hydrogen) atoms. The van der Waals surface area contributed by atoms with Gasteiger partial charge in [0, 0.05) is 13.0 Å². The van der Waals surface area contributed by atoms with Crippen LogP contribution in [0.4, 0.5) is 4.79 Å². The lowest BCUT2D eigenvalue weighted by atomic mass is 10.2. The number of terminal acetylenes is 1. The van der Waals surface area contributed by atoms with E-state index in [-0.39, 0.29) is 0 Å². The number of nitrogens with one attached hydrogen (secondary N) is 2. The van der Waals surface area contributed by atoms with E-state index in [0.717, 1.165) is 0 Å². The number of carbonyl (C=O) groups excluding carboxylic acids is 1. The molecule has 1 atom stereocenters. The van der Waals surface area contributed by atoms with Crippen molar-refractivity contribution in [1.29, 1.82) is 0 Å². The van der Waals surface area contributed by atoms with Crippen molar-refractivity contribution < 1.29 is 14.7 Å². The summed E-state index contributed by atoms with van der Waals surface area (Å²) in [6.07, 6.45) is 7.72. The second kappa shape index (κ2) is 8.92. The summed E-state index contributed by atoms with van der Waals surface area (Å²) in [4.78, 5) is 22.0. The minimum atomic E-state index is -1.03. The first-order valence-electron chi connectivity index (χ1n) is 4.81. The van der Waals surface area contributed by atoms with Crippen molar-refractivity contribution in [3.63, 3.8) is 0 Å². The van der Waals surface area contributed by atoms with Crippen LogP contribution in [0.25, 0.3) is 0 Å². The molecule has 0 aromatic rings. The zero-order chi connectivity index (χ0) is 12.4. The van der Waals surface area contributed by atoms with Crippen LogP contribution in [0, 0.1) is 12.3 Å². The molecule has 0 aliphatic carbocycles. The van der Waals surface area contributed by atoms with Crippen LogP contribution in [0.2, 0.25) is 0 Å². The van der Waals surface area contributed by atoms with Crippen LogP contribution < -0.4 is 10.6 Å². The highest BCUT2D eigenvalue weighted by atomic mass is 32.2. The Morgan fingerprint density at radius 2 is 2.25 bits per heavy atom. The Labute approximate surface area is 99.4 Å². The number of rotatable bonds is 7. The van der Waals surface area contributed by atoms with Crippen LogP contribution in [0.5, 0.6) is 0 Å². The lowest BCUT2D eigenvalue weighted by molar-refractivity contribution is -0.139. The number of hydrogen-bond acceptors (Lipinski definition) is 3. The maximum atomic E-state index is 11.2. The Kier molecular flexibility index (Phi) is 8.17. The summed E-state index contributed by atoms with van der Waals surface area (Å²) < 4.78 is 0. The van der Waals surface area contributed by atoms with Gasteiger partial charge in [-0.3, -0.25) is 0 Å². The first kappa shape index (κ1) is 14.6. The second-order valence-electron chi connectivity index (χ2n) is 3.03. The average molecular weight is 244 g/mol. The number of carboxylic acids is 1. The molecule has 0 spiro atoms. The Morgan fingerprint density at radius 1 is 1.56 bits per heavy atom. The molecule has 0 aromatic carbocycles. The maximum Gasteiger partial charge on any atom is 0.326 e. The SMILES string of the molecule is C#CCCNC(=O)N[C@H](CCSC)C(=O)O. The maximum absolute atomic E-state index is 11.2. The number of aliphatic carboxylic acids is 1. The van der Waals surface area contributed by atoms with Crippen molar-refractivity contribution in [1.82, 2.24) is 10.6 Å². The number of amides is 2. The van der Waals surface area contributed by atoms with E-state index < -0.39 is 18.0 Å². The molecule has 0 saturated carbocycles. The topological polar surface area (TPSA) is 78.4 Å². The molecule has 0 unspecified atom stereocenters. The summed E-state index contributed by atoms with van der Waals surface area (Å²) in [6, 6.07) is -1.35. The number of thioether (sulfide) groups is 1. The molecule has 6 heteroatoms. The third kappa shape index (κ3) is 7.01. The molecule has 2 amide bonds. The smallest absolute Gasteiger partial charge is 0.326 e. The summed E-state index contributed by atoms with van der Waals surface area (Å²) >= 11 is 1.53. The van der Waals surface area contributed by atoms with E-state index in [1.807, 2.05) is 6.26 Å². The van der Waals surface area contributed by atoms with Gasteiger partial charge in [-0.15, -0.1) is 12.3 Å². The molecule has 0 aromatic heterocycles. The average Bonchev–Trinajstić information content (AvgIpc) is 2.24. The van der Waals surface area contributed by atoms with Crippen LogP contribution in [0.3, 0.4) is 0 Å². The summed E-state index contributed by atoms with van der Waals surface area (Å²) in [5.41, 5.74) is 0. The lowest BCUT2D eigenvalue weighted by Gasteiger charge is -2.14. The van der Waals surface area contributed by atoms with Crippen LogP contribution in [0.15, 0.2) is 0 Å². The predicted octanol–water partition coefficient (Wildman–Crippen LogP) is 0.515. The fourth-order valence-electron chi connectivity index (χ4n) is 0.951. The quantitative estimate of drug-likeness (QED) is 0.450. The van der Waals surface area contributed by atoms with Gasteiger partial charge in [0.15, 0.2) is 0 Å². The number of carbonyl (C=O) groups is 2. The van der Waals surface area contributed by atoms with Crippen LogP contribution in [0.1, 0.15) is 12.8 Å². The van der Waals surface area contributed by atoms with E-state index in [2.05, 4.69) is 16.6 Å². The first-order chi connectivity index (χ1) is 7.61. The van der Waals surface area contributed by atoms with E-state index in [0.29, 0.717) is 25.1 Å². The van der Waals surface area contributed by atoms with Gasteiger partial charge in [0.2, 0.25) is 0 Å². The van der Waals surface area contributed by atoms with E-state index in [1.165, 1.54) is 11.8 Å². The number of urea groups is 1. The van der Waals surface area contributed by atoms with Gasteiger partial charge in [-0.2, -0.15) is 11.8 Å². The third-order valence-electron chi connectivity index (χ3n) is 1.77. The van der Waals surface area contributed by atoms with Crippen molar-refractivity contribution >= 4 is 23.8 Å². The molecule has 0 saturated heterocycles. The Bertz CT molecular complexity index is 276. The molecule has 0 aliphatic heterocycles. The Hall–Kier alpha value is -1.35. The van der Waals surface area contributed by atoms with Crippen molar-refractivity contribution in [3.8, 4) is 12.3 Å². The van der Waals surface area contributed by atoms with E-state index >= 15 is 0 Å². The van der Waals surface area contributed by atoms with E-state index in [9.17, 15) is 9.59 Å². The Balaban J connectivity index is 3.94. The van der Waals surface area contributed by atoms with Crippen molar-refractivity contribution in [2.45, 2.75) is 18.9 Å². The number of carboxylic acid groups (broad SMARTS) is 1. The molecule has 0 rings (SSSR count). The zero-order valence-corrected chi connectivity index (χ0v) is 9.97. The first-order valence-corrected chi connectivity index (χ1v) is 6.20. The van der Waals surface area contributed by atoms with Crippen LogP contribution in [-0.4, -0.2) is 41.7 Å². The molecule has 5 nitrogen and oxygen atoms in total. The van der Waals surface area contributed by atoms with Crippen molar-refractivity contribution in [2.24, 2.45) is 0 Å². The highest BCUT2D eigenvalue weighted by molar-refractivity contribution is 7.98. The highest BCUT2D eigenvalue weighted by Gasteiger charge is 2.18. The summed E-state index contributed by atoms with van der Waals surface area (Å²) in [6.45, 7) is 0.344. The van der Waals surface area contributed by atoms with Gasteiger partial charge < -0.3 is 15.7 Å². The lowest BCUT2D eigenvalue weighted by Crippen LogP contribution is -2.46. The molecule has 0 heterocycles. The normalized spacial score (nSPS) is 11.2. The highest BCUT2D eigenvalue weighted by Crippen LogP contribution is 2.00. The van der Waals surface area contributed by atoms with Gasteiger partial charge in [0.05, 0.1) is 0 Å². The fraction of sp³-hybridized carbons (Fsp3) is 0.600. The summed E-state index contributed by atoms with van der Waals surface area (Å²) in [5.74, 6) is 2.03. The monoisotopic (exact) mass is 244 g/mol. The summed E-state index contributed by atoms with van der Waals surface area (Å²) in [5, 5.41) is 13.7. The second-order valence-corrected chi connectivity index (χ2v) is 4.01.